The summed E-state index contributed by atoms with van der Waals surface area (Å²) in [5, 5.41) is 0.444. The smallest absolute Gasteiger partial charge is 0.147 e. The topological polar surface area (TPSA) is 18.8 Å². The molecular weight excluding hydrogens is 332 g/mol. The summed E-state index contributed by atoms with van der Waals surface area (Å²) in [4.78, 5) is 7.86. The molecule has 2 aromatic rings. The van der Waals surface area contributed by atoms with E-state index in [1.54, 1.807) is 24.4 Å². The Labute approximate surface area is 146 Å². The maximum absolute atomic E-state index is 14.0. The standard InChI is InChI=1S/C18H20ClF2N3/c1-5-23(3)11-22-16-8-12(2)17(10-14(16)19)24(4)18-9-13(20)6-7-15(18)21/h6-11H,5H2,1-4H3. The zero-order valence-electron chi connectivity index (χ0n) is 14.1. The average Bonchev–Trinajstić information content (AvgIpc) is 2.56. The molecule has 2 rings (SSSR count). The van der Waals surface area contributed by atoms with Gasteiger partial charge in [-0.05, 0) is 43.7 Å². The first kappa shape index (κ1) is 18.2. The highest BCUT2D eigenvalue weighted by Gasteiger charge is 2.14. The third-order valence-electron chi connectivity index (χ3n) is 3.79. The van der Waals surface area contributed by atoms with Crippen molar-refractivity contribution in [1.82, 2.24) is 4.90 Å². The van der Waals surface area contributed by atoms with Crippen LogP contribution in [0.1, 0.15) is 12.5 Å². The van der Waals surface area contributed by atoms with Crippen LogP contribution in [0, 0.1) is 18.6 Å². The van der Waals surface area contributed by atoms with Crippen molar-refractivity contribution in [3.8, 4) is 0 Å². The Balaban J connectivity index is 2.40. The molecule has 6 heteroatoms. The molecule has 0 saturated carbocycles. The van der Waals surface area contributed by atoms with Crippen molar-refractivity contribution in [1.29, 1.82) is 0 Å². The van der Waals surface area contributed by atoms with Crippen molar-refractivity contribution in [3.05, 3.63) is 52.6 Å². The lowest BCUT2D eigenvalue weighted by Gasteiger charge is -2.23. The predicted octanol–water partition coefficient (Wildman–Crippen LogP) is 5.31. The minimum absolute atomic E-state index is 0.149. The Morgan fingerprint density at radius 2 is 1.83 bits per heavy atom. The Kier molecular flexibility index (Phi) is 5.78. The van der Waals surface area contributed by atoms with E-state index in [1.807, 2.05) is 31.9 Å². The van der Waals surface area contributed by atoms with Gasteiger partial charge in [0, 0.05) is 32.4 Å². The fourth-order valence-corrected chi connectivity index (χ4v) is 2.44. The Hall–Kier alpha value is -2.14. The summed E-state index contributed by atoms with van der Waals surface area (Å²) in [6, 6.07) is 6.89. The van der Waals surface area contributed by atoms with E-state index in [4.69, 9.17) is 11.6 Å². The molecule has 3 nitrogen and oxygen atoms in total. The van der Waals surface area contributed by atoms with Crippen molar-refractivity contribution in [3.63, 3.8) is 0 Å². The van der Waals surface area contributed by atoms with Crippen LogP contribution in [0.5, 0.6) is 0 Å². The first-order valence-corrected chi connectivity index (χ1v) is 7.94. The number of aryl methyl sites for hydroxylation is 1. The lowest BCUT2D eigenvalue weighted by molar-refractivity contribution is 0.552. The quantitative estimate of drug-likeness (QED) is 0.537. The van der Waals surface area contributed by atoms with Crippen LogP contribution in [-0.2, 0) is 0 Å². The normalized spacial score (nSPS) is 11.1. The first-order chi connectivity index (χ1) is 11.3. The summed E-state index contributed by atoms with van der Waals surface area (Å²) in [5.74, 6) is -0.994. The van der Waals surface area contributed by atoms with Crippen LogP contribution in [0.4, 0.5) is 25.8 Å². The van der Waals surface area contributed by atoms with Crippen LogP contribution in [0.3, 0.4) is 0 Å². The fourth-order valence-electron chi connectivity index (χ4n) is 2.23. The second-order valence-electron chi connectivity index (χ2n) is 5.56. The molecule has 0 amide bonds. The molecule has 0 radical (unpaired) electrons. The molecule has 0 aliphatic heterocycles. The molecule has 0 bridgehead atoms. The van der Waals surface area contributed by atoms with E-state index < -0.39 is 11.6 Å². The monoisotopic (exact) mass is 351 g/mol. The number of hydrogen-bond acceptors (Lipinski definition) is 2. The SMILES string of the molecule is CCN(C)C=Nc1cc(C)c(N(C)c2cc(F)ccc2F)cc1Cl. The molecule has 0 aliphatic carbocycles. The summed E-state index contributed by atoms with van der Waals surface area (Å²) in [7, 11) is 3.59. The van der Waals surface area contributed by atoms with Crippen molar-refractivity contribution >= 4 is 35.0 Å². The molecule has 0 saturated heterocycles. The van der Waals surface area contributed by atoms with Gasteiger partial charge < -0.3 is 9.80 Å². The average molecular weight is 352 g/mol. The largest absolute Gasteiger partial charge is 0.366 e. The molecular formula is C18H20ClF2N3. The van der Waals surface area contributed by atoms with Gasteiger partial charge in [-0.15, -0.1) is 0 Å². The molecule has 2 aromatic carbocycles. The van der Waals surface area contributed by atoms with E-state index in [-0.39, 0.29) is 5.69 Å². The van der Waals surface area contributed by atoms with Gasteiger partial charge in [0.25, 0.3) is 0 Å². The zero-order valence-corrected chi connectivity index (χ0v) is 14.9. The second-order valence-corrected chi connectivity index (χ2v) is 5.97. The van der Waals surface area contributed by atoms with Crippen LogP contribution in [0.2, 0.25) is 5.02 Å². The Bertz CT molecular complexity index is 762. The van der Waals surface area contributed by atoms with Crippen LogP contribution in [-0.4, -0.2) is 31.9 Å². The van der Waals surface area contributed by atoms with Gasteiger partial charge in [0.05, 0.1) is 22.7 Å². The van der Waals surface area contributed by atoms with Crippen molar-refractivity contribution < 1.29 is 8.78 Å². The number of rotatable bonds is 5. The molecule has 0 aromatic heterocycles. The van der Waals surface area contributed by atoms with Crippen molar-refractivity contribution in [2.24, 2.45) is 4.99 Å². The van der Waals surface area contributed by atoms with Gasteiger partial charge >= 0.3 is 0 Å². The fraction of sp³-hybridized carbons (Fsp3) is 0.278. The molecule has 0 atom stereocenters. The van der Waals surface area contributed by atoms with Crippen molar-refractivity contribution in [2.75, 3.05) is 25.5 Å². The summed E-state index contributed by atoms with van der Waals surface area (Å²) < 4.78 is 27.4. The maximum atomic E-state index is 14.0. The summed E-state index contributed by atoms with van der Waals surface area (Å²) in [6.07, 6.45) is 1.70. The van der Waals surface area contributed by atoms with E-state index in [0.717, 1.165) is 30.3 Å². The molecule has 0 spiro atoms. The minimum Gasteiger partial charge on any atom is -0.366 e. The molecule has 0 fully saturated rings. The molecule has 0 unspecified atom stereocenters. The van der Waals surface area contributed by atoms with Crippen LogP contribution >= 0.6 is 11.6 Å². The number of halogens is 3. The van der Waals surface area contributed by atoms with E-state index >= 15 is 0 Å². The van der Waals surface area contributed by atoms with Gasteiger partial charge in [-0.2, -0.15) is 0 Å². The van der Waals surface area contributed by atoms with E-state index in [1.165, 1.54) is 0 Å². The predicted molar refractivity (Wildman–Crippen MR) is 97.1 cm³/mol. The summed E-state index contributed by atoms with van der Waals surface area (Å²) in [5.41, 5.74) is 2.33. The van der Waals surface area contributed by atoms with Crippen LogP contribution in [0.15, 0.2) is 35.3 Å². The molecule has 24 heavy (non-hydrogen) atoms. The number of nitrogens with zero attached hydrogens (tertiary/aromatic N) is 3. The zero-order chi connectivity index (χ0) is 17.9. The molecule has 128 valence electrons. The number of hydrogen-bond donors (Lipinski definition) is 0. The second kappa shape index (κ2) is 7.62. The van der Waals surface area contributed by atoms with Crippen molar-refractivity contribution in [2.45, 2.75) is 13.8 Å². The Morgan fingerprint density at radius 3 is 2.50 bits per heavy atom. The highest BCUT2D eigenvalue weighted by Crippen LogP contribution is 2.36. The van der Waals surface area contributed by atoms with Gasteiger partial charge in [0.1, 0.15) is 11.6 Å². The first-order valence-electron chi connectivity index (χ1n) is 7.56. The molecule has 0 heterocycles. The number of aliphatic imine (C=N–C) groups is 1. The lowest BCUT2D eigenvalue weighted by Crippen LogP contribution is -2.14. The Morgan fingerprint density at radius 1 is 1.12 bits per heavy atom. The summed E-state index contributed by atoms with van der Waals surface area (Å²) in [6.45, 7) is 4.73. The van der Waals surface area contributed by atoms with E-state index in [0.29, 0.717) is 16.4 Å². The highest BCUT2D eigenvalue weighted by molar-refractivity contribution is 6.33. The third kappa shape index (κ3) is 4.03. The van der Waals surface area contributed by atoms with Crippen LogP contribution in [0.25, 0.3) is 0 Å². The third-order valence-corrected chi connectivity index (χ3v) is 4.09. The van der Waals surface area contributed by atoms with Gasteiger partial charge in [-0.25, -0.2) is 13.8 Å². The van der Waals surface area contributed by atoms with E-state index in [9.17, 15) is 8.78 Å². The molecule has 0 aliphatic rings. The minimum atomic E-state index is -0.499. The summed E-state index contributed by atoms with van der Waals surface area (Å²) >= 11 is 6.30. The van der Waals surface area contributed by atoms with Gasteiger partial charge in [0.2, 0.25) is 0 Å². The lowest BCUT2D eigenvalue weighted by atomic mass is 10.1. The maximum Gasteiger partial charge on any atom is 0.147 e. The van der Waals surface area contributed by atoms with Gasteiger partial charge in [-0.1, -0.05) is 11.6 Å². The van der Waals surface area contributed by atoms with Gasteiger partial charge in [0.15, 0.2) is 0 Å². The van der Waals surface area contributed by atoms with Crippen LogP contribution < -0.4 is 4.90 Å². The number of anilines is 2. The molecule has 0 N–H and O–H groups in total. The van der Waals surface area contributed by atoms with Gasteiger partial charge in [-0.3, -0.25) is 0 Å². The number of benzene rings is 2. The highest BCUT2D eigenvalue weighted by atomic mass is 35.5. The van der Waals surface area contributed by atoms with E-state index in [2.05, 4.69) is 4.99 Å².